The van der Waals surface area contributed by atoms with Crippen molar-refractivity contribution in [1.82, 2.24) is 15.0 Å². The van der Waals surface area contributed by atoms with Crippen LogP contribution in [0, 0.1) is 0 Å². The molecule has 0 aliphatic heterocycles. The molecule has 4 rings (SSSR count). The zero-order valence-electron chi connectivity index (χ0n) is 15.5. The SMILES string of the molecule is COc1ccc(/C=C/C(=O)Nc2ccc3nn(-c4cccc(Cl)c4)nc3c2)cc1. The number of rotatable bonds is 5. The van der Waals surface area contributed by atoms with Gasteiger partial charge in [0, 0.05) is 16.8 Å². The lowest BCUT2D eigenvalue weighted by atomic mass is 10.2. The fraction of sp³-hybridized carbons (Fsp3) is 0.0455. The molecule has 1 amide bonds. The highest BCUT2D eigenvalue weighted by Gasteiger charge is 2.07. The van der Waals surface area contributed by atoms with Gasteiger partial charge in [-0.05, 0) is 60.2 Å². The predicted molar refractivity (Wildman–Crippen MR) is 115 cm³/mol. The minimum absolute atomic E-state index is 0.234. The van der Waals surface area contributed by atoms with Crippen molar-refractivity contribution in [1.29, 1.82) is 0 Å². The number of nitrogens with one attached hydrogen (secondary N) is 1. The summed E-state index contributed by atoms with van der Waals surface area (Å²) in [6.45, 7) is 0. The van der Waals surface area contributed by atoms with E-state index in [1.54, 1.807) is 37.5 Å². The molecule has 0 saturated heterocycles. The van der Waals surface area contributed by atoms with Gasteiger partial charge >= 0.3 is 0 Å². The first-order valence-corrected chi connectivity index (χ1v) is 9.25. The molecular weight excluding hydrogens is 388 g/mol. The molecular formula is C22H17ClN4O2. The highest BCUT2D eigenvalue weighted by atomic mass is 35.5. The van der Waals surface area contributed by atoms with Gasteiger partial charge < -0.3 is 10.1 Å². The molecule has 4 aromatic rings. The maximum atomic E-state index is 12.2. The van der Waals surface area contributed by atoms with Crippen molar-refractivity contribution in [2.75, 3.05) is 12.4 Å². The van der Waals surface area contributed by atoms with Gasteiger partial charge in [0.15, 0.2) is 0 Å². The molecule has 0 unspecified atom stereocenters. The number of carbonyl (C=O) groups excluding carboxylic acids is 1. The molecule has 0 bridgehead atoms. The quantitative estimate of drug-likeness (QED) is 0.488. The molecule has 144 valence electrons. The molecule has 7 heteroatoms. The molecule has 1 N–H and O–H groups in total. The zero-order chi connectivity index (χ0) is 20.2. The van der Waals surface area contributed by atoms with E-state index in [1.807, 2.05) is 42.5 Å². The highest BCUT2D eigenvalue weighted by molar-refractivity contribution is 6.30. The van der Waals surface area contributed by atoms with Crippen molar-refractivity contribution in [3.8, 4) is 11.4 Å². The van der Waals surface area contributed by atoms with E-state index in [1.165, 1.54) is 10.9 Å². The van der Waals surface area contributed by atoms with Crippen LogP contribution in [-0.4, -0.2) is 28.0 Å². The maximum absolute atomic E-state index is 12.2. The van der Waals surface area contributed by atoms with E-state index in [4.69, 9.17) is 16.3 Å². The average molecular weight is 405 g/mol. The molecule has 6 nitrogen and oxygen atoms in total. The second kappa shape index (κ2) is 8.16. The Bertz CT molecular complexity index is 1200. The van der Waals surface area contributed by atoms with Gasteiger partial charge in [0.25, 0.3) is 0 Å². The third kappa shape index (κ3) is 4.44. The number of benzene rings is 3. The normalized spacial score (nSPS) is 11.1. The zero-order valence-corrected chi connectivity index (χ0v) is 16.3. The molecule has 0 radical (unpaired) electrons. The van der Waals surface area contributed by atoms with Crippen molar-refractivity contribution < 1.29 is 9.53 Å². The van der Waals surface area contributed by atoms with E-state index < -0.39 is 0 Å². The van der Waals surface area contributed by atoms with Crippen LogP contribution in [0.15, 0.2) is 72.8 Å². The Balaban J connectivity index is 1.49. The summed E-state index contributed by atoms with van der Waals surface area (Å²) in [6, 6.07) is 20.1. The van der Waals surface area contributed by atoms with Gasteiger partial charge in [-0.2, -0.15) is 4.80 Å². The Labute approximate surface area is 172 Å². The van der Waals surface area contributed by atoms with Crippen LogP contribution in [0.4, 0.5) is 5.69 Å². The number of nitrogens with zero attached hydrogens (tertiary/aromatic N) is 3. The number of methoxy groups -OCH3 is 1. The van der Waals surface area contributed by atoms with Crippen LogP contribution < -0.4 is 10.1 Å². The number of anilines is 1. The number of halogens is 1. The number of ether oxygens (including phenoxy) is 1. The van der Waals surface area contributed by atoms with Crippen molar-refractivity contribution in [3.05, 3.63) is 83.4 Å². The Morgan fingerprint density at radius 2 is 1.83 bits per heavy atom. The Morgan fingerprint density at radius 1 is 1.03 bits per heavy atom. The number of carbonyl (C=O) groups is 1. The molecule has 0 aliphatic carbocycles. The van der Waals surface area contributed by atoms with Gasteiger partial charge in [-0.3, -0.25) is 4.79 Å². The molecule has 29 heavy (non-hydrogen) atoms. The van der Waals surface area contributed by atoms with Gasteiger partial charge in [-0.1, -0.05) is 29.8 Å². The summed E-state index contributed by atoms with van der Waals surface area (Å²) in [5.74, 6) is 0.535. The van der Waals surface area contributed by atoms with Gasteiger partial charge in [0.05, 0.1) is 12.8 Å². The van der Waals surface area contributed by atoms with E-state index in [0.717, 1.165) is 22.5 Å². The summed E-state index contributed by atoms with van der Waals surface area (Å²) >= 11 is 6.04. The number of fused-ring (bicyclic) bond motifs is 1. The molecule has 1 aromatic heterocycles. The average Bonchev–Trinajstić information content (AvgIpc) is 3.16. The summed E-state index contributed by atoms with van der Waals surface area (Å²) in [7, 11) is 1.61. The topological polar surface area (TPSA) is 69.0 Å². The van der Waals surface area contributed by atoms with Gasteiger partial charge in [-0.15, -0.1) is 10.2 Å². The molecule has 0 saturated carbocycles. The van der Waals surface area contributed by atoms with Crippen LogP contribution >= 0.6 is 11.6 Å². The lowest BCUT2D eigenvalue weighted by Crippen LogP contribution is -2.07. The fourth-order valence-corrected chi connectivity index (χ4v) is 2.96. The third-order valence-electron chi connectivity index (χ3n) is 4.23. The third-order valence-corrected chi connectivity index (χ3v) is 4.47. The van der Waals surface area contributed by atoms with Crippen molar-refractivity contribution in [2.45, 2.75) is 0 Å². The predicted octanol–water partition coefficient (Wildman–Crippen LogP) is 4.73. The second-order valence-electron chi connectivity index (χ2n) is 6.27. The van der Waals surface area contributed by atoms with Gasteiger partial charge in [0.2, 0.25) is 5.91 Å². The molecule has 0 fully saturated rings. The first-order chi connectivity index (χ1) is 14.1. The minimum atomic E-state index is -0.234. The van der Waals surface area contributed by atoms with E-state index in [0.29, 0.717) is 16.2 Å². The van der Waals surface area contributed by atoms with E-state index in [-0.39, 0.29) is 5.91 Å². The van der Waals surface area contributed by atoms with E-state index >= 15 is 0 Å². The van der Waals surface area contributed by atoms with E-state index in [9.17, 15) is 4.79 Å². The summed E-state index contributed by atoms with van der Waals surface area (Å²) in [5, 5.41) is 12.4. The number of aromatic nitrogens is 3. The maximum Gasteiger partial charge on any atom is 0.248 e. The van der Waals surface area contributed by atoms with Crippen LogP contribution in [0.1, 0.15) is 5.56 Å². The highest BCUT2D eigenvalue weighted by Crippen LogP contribution is 2.19. The molecule has 0 spiro atoms. The van der Waals surface area contributed by atoms with E-state index in [2.05, 4.69) is 15.5 Å². The molecule has 3 aromatic carbocycles. The lowest BCUT2D eigenvalue weighted by molar-refractivity contribution is -0.111. The molecule has 0 aliphatic rings. The van der Waals surface area contributed by atoms with Gasteiger partial charge in [0.1, 0.15) is 16.8 Å². The summed E-state index contributed by atoms with van der Waals surface area (Å²) in [6.07, 6.45) is 3.22. The molecule has 0 atom stereocenters. The van der Waals surface area contributed by atoms with Crippen LogP contribution in [0.5, 0.6) is 5.75 Å². The second-order valence-corrected chi connectivity index (χ2v) is 6.70. The van der Waals surface area contributed by atoms with Gasteiger partial charge in [-0.25, -0.2) is 0 Å². The minimum Gasteiger partial charge on any atom is -0.497 e. The van der Waals surface area contributed by atoms with Crippen molar-refractivity contribution >= 4 is 40.3 Å². The Morgan fingerprint density at radius 3 is 2.59 bits per heavy atom. The first-order valence-electron chi connectivity index (χ1n) is 8.87. The smallest absolute Gasteiger partial charge is 0.248 e. The lowest BCUT2D eigenvalue weighted by Gasteiger charge is -2.02. The van der Waals surface area contributed by atoms with Crippen LogP contribution in [0.2, 0.25) is 5.02 Å². The Hall–Kier alpha value is -3.64. The standard InChI is InChI=1S/C22H17ClN4O2/c1-29-19-9-5-15(6-10-19)7-12-22(28)24-17-8-11-20-21(14-17)26-27(25-20)18-4-2-3-16(23)13-18/h2-14H,1H3,(H,24,28)/b12-7+. The van der Waals surface area contributed by atoms with Crippen molar-refractivity contribution in [2.24, 2.45) is 0 Å². The van der Waals surface area contributed by atoms with Crippen molar-refractivity contribution in [3.63, 3.8) is 0 Å². The van der Waals surface area contributed by atoms with Crippen LogP contribution in [0.3, 0.4) is 0 Å². The first kappa shape index (κ1) is 18.7. The Kier molecular flexibility index (Phi) is 5.27. The number of hydrogen-bond donors (Lipinski definition) is 1. The monoisotopic (exact) mass is 404 g/mol. The summed E-state index contributed by atoms with van der Waals surface area (Å²) in [4.78, 5) is 13.8. The number of amides is 1. The fourth-order valence-electron chi connectivity index (χ4n) is 2.78. The van der Waals surface area contributed by atoms with Crippen LogP contribution in [0.25, 0.3) is 22.8 Å². The summed E-state index contributed by atoms with van der Waals surface area (Å²) in [5.41, 5.74) is 3.70. The van der Waals surface area contributed by atoms with Crippen LogP contribution in [-0.2, 0) is 4.79 Å². The number of hydrogen-bond acceptors (Lipinski definition) is 4. The summed E-state index contributed by atoms with van der Waals surface area (Å²) < 4.78 is 5.12. The largest absolute Gasteiger partial charge is 0.497 e. The molecule has 1 heterocycles.